The molecule has 4 heteroatoms. The van der Waals surface area contributed by atoms with Gasteiger partial charge in [0.05, 0.1) is 11.8 Å². The third-order valence-electron chi connectivity index (χ3n) is 2.74. The fourth-order valence-corrected chi connectivity index (χ4v) is 1.46. The lowest BCUT2D eigenvalue weighted by atomic mass is 10.0. The monoisotopic (exact) mass is 229 g/mol. The van der Waals surface area contributed by atoms with Crippen molar-refractivity contribution in [3.63, 3.8) is 0 Å². The van der Waals surface area contributed by atoms with Crippen LogP contribution in [0.5, 0.6) is 0 Å². The summed E-state index contributed by atoms with van der Waals surface area (Å²) in [7, 11) is 1.77. The number of rotatable bonds is 3. The van der Waals surface area contributed by atoms with Crippen LogP contribution in [-0.2, 0) is 0 Å². The molecule has 1 amide bonds. The van der Waals surface area contributed by atoms with Crippen LogP contribution in [-0.4, -0.2) is 23.9 Å². The summed E-state index contributed by atoms with van der Waals surface area (Å²) in [6.07, 6.45) is 1.42. The van der Waals surface area contributed by atoms with Gasteiger partial charge in [-0.3, -0.25) is 4.79 Å². The predicted octanol–water partition coefficient (Wildman–Crippen LogP) is 3.05. The lowest BCUT2D eigenvalue weighted by Gasteiger charge is -2.27. The molecule has 1 aromatic heterocycles. The Morgan fingerprint density at radius 2 is 2.07 bits per heavy atom. The van der Waals surface area contributed by atoms with Gasteiger partial charge in [0.2, 0.25) is 5.22 Å². The van der Waals surface area contributed by atoms with Crippen LogP contribution < -0.4 is 0 Å². The topological polar surface area (TPSA) is 33.5 Å². The van der Waals surface area contributed by atoms with E-state index >= 15 is 0 Å². The Balaban J connectivity index is 2.82. The minimum Gasteiger partial charge on any atom is -0.452 e. The molecule has 0 aromatic carbocycles. The highest BCUT2D eigenvalue weighted by atomic mass is 35.5. The quantitative estimate of drug-likeness (QED) is 0.798. The van der Waals surface area contributed by atoms with Gasteiger partial charge in [-0.1, -0.05) is 13.8 Å². The van der Waals surface area contributed by atoms with E-state index in [0.717, 1.165) is 0 Å². The van der Waals surface area contributed by atoms with E-state index in [1.54, 1.807) is 18.0 Å². The van der Waals surface area contributed by atoms with E-state index in [1.807, 2.05) is 6.92 Å². The summed E-state index contributed by atoms with van der Waals surface area (Å²) >= 11 is 5.75. The van der Waals surface area contributed by atoms with Gasteiger partial charge in [-0.25, -0.2) is 0 Å². The number of amides is 1. The Morgan fingerprint density at radius 3 is 2.47 bits per heavy atom. The highest BCUT2D eigenvalue weighted by Gasteiger charge is 2.22. The minimum absolute atomic E-state index is 0.102. The summed E-state index contributed by atoms with van der Waals surface area (Å²) in [4.78, 5) is 13.6. The Bertz CT molecular complexity index is 346. The fourth-order valence-electron chi connectivity index (χ4n) is 1.27. The van der Waals surface area contributed by atoms with Gasteiger partial charge >= 0.3 is 0 Å². The van der Waals surface area contributed by atoms with Crippen molar-refractivity contribution in [2.45, 2.75) is 26.8 Å². The second-order valence-electron chi connectivity index (χ2n) is 4.01. The molecule has 1 atom stereocenters. The summed E-state index contributed by atoms with van der Waals surface area (Å²) in [6, 6.07) is 1.76. The van der Waals surface area contributed by atoms with Gasteiger partial charge < -0.3 is 9.32 Å². The maximum Gasteiger partial charge on any atom is 0.258 e. The number of carbonyl (C=O) groups excluding carboxylic acids is 1. The number of nitrogens with zero attached hydrogens (tertiary/aromatic N) is 1. The number of hydrogen-bond acceptors (Lipinski definition) is 2. The molecule has 84 valence electrons. The van der Waals surface area contributed by atoms with E-state index in [2.05, 4.69) is 13.8 Å². The van der Waals surface area contributed by atoms with Crippen LogP contribution in [0.15, 0.2) is 16.7 Å². The molecule has 0 aliphatic heterocycles. The van der Waals surface area contributed by atoms with Gasteiger partial charge in [0, 0.05) is 13.1 Å². The molecule has 1 heterocycles. The summed E-state index contributed by atoms with van der Waals surface area (Å²) in [5, 5.41) is 0.155. The third-order valence-corrected chi connectivity index (χ3v) is 3.04. The van der Waals surface area contributed by atoms with Crippen molar-refractivity contribution in [3.8, 4) is 0 Å². The zero-order chi connectivity index (χ0) is 11.6. The van der Waals surface area contributed by atoms with Crippen LogP contribution in [0.1, 0.15) is 31.1 Å². The van der Waals surface area contributed by atoms with Crippen molar-refractivity contribution < 1.29 is 9.21 Å². The van der Waals surface area contributed by atoms with Crippen LogP contribution >= 0.6 is 11.6 Å². The molecule has 1 rings (SSSR count). The number of halogens is 1. The Labute approximate surface area is 95.0 Å². The molecule has 0 fully saturated rings. The average molecular weight is 230 g/mol. The second kappa shape index (κ2) is 4.71. The Morgan fingerprint density at radius 1 is 1.47 bits per heavy atom. The summed E-state index contributed by atoms with van der Waals surface area (Å²) in [5.74, 6) is 0.305. The van der Waals surface area contributed by atoms with Crippen molar-refractivity contribution in [1.29, 1.82) is 0 Å². The molecule has 0 radical (unpaired) electrons. The van der Waals surface area contributed by atoms with E-state index in [1.165, 1.54) is 6.26 Å². The molecule has 0 aliphatic rings. The fraction of sp³-hybridized carbons (Fsp3) is 0.545. The van der Waals surface area contributed by atoms with Crippen molar-refractivity contribution in [2.75, 3.05) is 7.05 Å². The third kappa shape index (κ3) is 2.53. The first-order chi connectivity index (χ1) is 6.95. The Kier molecular flexibility index (Phi) is 3.80. The van der Waals surface area contributed by atoms with E-state index < -0.39 is 0 Å². The van der Waals surface area contributed by atoms with Crippen molar-refractivity contribution in [1.82, 2.24) is 4.90 Å². The van der Waals surface area contributed by atoms with Crippen LogP contribution in [0.4, 0.5) is 0 Å². The smallest absolute Gasteiger partial charge is 0.258 e. The van der Waals surface area contributed by atoms with Gasteiger partial charge in [0.25, 0.3) is 5.91 Å². The maximum absolute atomic E-state index is 12.0. The molecule has 0 aliphatic carbocycles. The molecular weight excluding hydrogens is 214 g/mol. The van der Waals surface area contributed by atoms with Crippen molar-refractivity contribution in [2.24, 2.45) is 5.92 Å². The molecule has 0 bridgehead atoms. The standard InChI is InChI=1S/C11H16ClNO2/c1-7(2)8(3)13(4)11(14)9-5-6-15-10(9)12/h5-8H,1-4H3. The van der Waals surface area contributed by atoms with Gasteiger partial charge in [-0.2, -0.15) is 0 Å². The van der Waals surface area contributed by atoms with E-state index in [-0.39, 0.29) is 17.2 Å². The second-order valence-corrected chi connectivity index (χ2v) is 4.35. The van der Waals surface area contributed by atoms with Gasteiger partial charge in [0.1, 0.15) is 0 Å². The first-order valence-corrected chi connectivity index (χ1v) is 5.33. The lowest BCUT2D eigenvalue weighted by Crippen LogP contribution is -2.38. The van der Waals surface area contributed by atoms with Gasteiger partial charge in [0.15, 0.2) is 0 Å². The SMILES string of the molecule is CC(C)C(C)N(C)C(=O)c1ccoc1Cl. The molecule has 1 unspecified atom stereocenters. The van der Waals surface area contributed by atoms with Crippen LogP contribution in [0.2, 0.25) is 5.22 Å². The first-order valence-electron chi connectivity index (χ1n) is 4.95. The van der Waals surface area contributed by atoms with Crippen LogP contribution in [0.25, 0.3) is 0 Å². The van der Waals surface area contributed by atoms with E-state index in [0.29, 0.717) is 11.5 Å². The number of furan rings is 1. The molecule has 0 saturated carbocycles. The normalized spacial score (nSPS) is 12.9. The lowest BCUT2D eigenvalue weighted by molar-refractivity contribution is 0.0706. The average Bonchev–Trinajstić information content (AvgIpc) is 2.60. The first kappa shape index (κ1) is 12.1. The predicted molar refractivity (Wildman–Crippen MR) is 60.1 cm³/mol. The minimum atomic E-state index is -0.102. The molecule has 15 heavy (non-hydrogen) atoms. The Hall–Kier alpha value is -0.960. The van der Waals surface area contributed by atoms with E-state index in [9.17, 15) is 4.79 Å². The molecule has 0 saturated heterocycles. The summed E-state index contributed by atoms with van der Waals surface area (Å²) in [5.41, 5.74) is 0.423. The van der Waals surface area contributed by atoms with Crippen LogP contribution in [0, 0.1) is 5.92 Å². The largest absolute Gasteiger partial charge is 0.452 e. The zero-order valence-corrected chi connectivity index (χ0v) is 10.2. The molecule has 1 aromatic rings. The molecular formula is C11H16ClNO2. The molecule has 3 nitrogen and oxygen atoms in total. The highest BCUT2D eigenvalue weighted by Crippen LogP contribution is 2.20. The number of carbonyl (C=O) groups is 1. The highest BCUT2D eigenvalue weighted by molar-refractivity contribution is 6.32. The molecule has 0 spiro atoms. The van der Waals surface area contributed by atoms with Gasteiger partial charge in [-0.05, 0) is 30.5 Å². The number of hydrogen-bond donors (Lipinski definition) is 0. The maximum atomic E-state index is 12.0. The van der Waals surface area contributed by atoms with Gasteiger partial charge in [-0.15, -0.1) is 0 Å². The van der Waals surface area contributed by atoms with Crippen LogP contribution in [0.3, 0.4) is 0 Å². The van der Waals surface area contributed by atoms with Crippen molar-refractivity contribution in [3.05, 3.63) is 23.1 Å². The summed E-state index contributed by atoms with van der Waals surface area (Å²) in [6.45, 7) is 6.16. The van der Waals surface area contributed by atoms with E-state index in [4.69, 9.17) is 16.0 Å². The van der Waals surface area contributed by atoms with Crippen molar-refractivity contribution >= 4 is 17.5 Å². The zero-order valence-electron chi connectivity index (χ0n) is 9.45. The summed E-state index contributed by atoms with van der Waals surface area (Å²) < 4.78 is 4.89. The molecule has 0 N–H and O–H groups in total.